The van der Waals surface area contributed by atoms with Gasteiger partial charge in [-0.2, -0.15) is 0 Å². The Bertz CT molecular complexity index is 4940. The molecule has 13 rings (SSSR count). The summed E-state index contributed by atoms with van der Waals surface area (Å²) in [5, 5.41) is 27.4. The van der Waals surface area contributed by atoms with Crippen LogP contribution in [0.3, 0.4) is 0 Å². The molecule has 33 heteroatoms. The zero-order valence-corrected chi connectivity index (χ0v) is 74.8. The van der Waals surface area contributed by atoms with Crippen molar-refractivity contribution < 1.29 is 71.9 Å². The van der Waals surface area contributed by atoms with Crippen molar-refractivity contribution in [3.8, 4) is 0 Å². The van der Waals surface area contributed by atoms with Gasteiger partial charge in [0.25, 0.3) is 11.8 Å². The van der Waals surface area contributed by atoms with Crippen molar-refractivity contribution in [3.63, 3.8) is 0 Å². The second-order valence-corrected chi connectivity index (χ2v) is 35.2. The highest BCUT2D eigenvalue weighted by Gasteiger charge is 2.42. The van der Waals surface area contributed by atoms with Crippen LogP contribution in [0, 0.1) is 29.1 Å². The topological polar surface area (TPSA) is 412 Å². The minimum Gasteiger partial charge on any atom is -0.460 e. The molecule has 33 nitrogen and oxygen atoms in total. The first-order chi connectivity index (χ1) is 62.0. The van der Waals surface area contributed by atoms with Gasteiger partial charge in [0.05, 0.1) is 68.0 Å². The normalized spacial score (nSPS) is 25.7. The highest BCUT2D eigenvalue weighted by atomic mass is 16.6. The smallest absolute Gasteiger partial charge is 0.407 e. The molecule has 0 spiro atoms. The molecule has 11 heterocycles. The molecule has 6 aromatic rings. The molecule has 1 aliphatic carbocycles. The van der Waals surface area contributed by atoms with E-state index in [1.807, 2.05) is 84.1 Å². The van der Waals surface area contributed by atoms with Crippen LogP contribution in [-0.4, -0.2) is 266 Å². The van der Waals surface area contributed by atoms with E-state index in [9.17, 15) is 43.5 Å². The van der Waals surface area contributed by atoms with E-state index < -0.39 is 54.0 Å². The number of nitrogens with one attached hydrogen (secondary N) is 4. The van der Waals surface area contributed by atoms with Crippen molar-refractivity contribution in [2.75, 3.05) is 126 Å². The number of pyridine rings is 1. The van der Waals surface area contributed by atoms with E-state index in [-0.39, 0.29) is 110 Å². The molecule has 128 heavy (non-hydrogen) atoms. The second kappa shape index (κ2) is 46.2. The van der Waals surface area contributed by atoms with Crippen molar-refractivity contribution in [2.24, 2.45) is 23.7 Å². The molecule has 9 atom stereocenters. The molecule has 4 amide bonds. The van der Waals surface area contributed by atoms with Gasteiger partial charge >= 0.3 is 12.1 Å². The van der Waals surface area contributed by atoms with E-state index in [0.29, 0.717) is 195 Å². The number of nitrogens with two attached hydrogens (primary N) is 1. The van der Waals surface area contributed by atoms with E-state index in [2.05, 4.69) is 72.4 Å². The molecule has 1 saturated carbocycles. The van der Waals surface area contributed by atoms with Crippen LogP contribution >= 0.6 is 0 Å². The lowest BCUT2D eigenvalue weighted by Crippen LogP contribution is -2.54. The quantitative estimate of drug-likeness (QED) is 0.0108. The largest absolute Gasteiger partial charge is 0.460 e. The number of aliphatic hydroxyl groups is 1. The fourth-order valence-electron chi connectivity index (χ4n) is 18.0. The summed E-state index contributed by atoms with van der Waals surface area (Å²) in [5.41, 5.74) is 14.1. The van der Waals surface area contributed by atoms with Gasteiger partial charge in [-0.15, -0.1) is 0 Å². The van der Waals surface area contributed by atoms with Crippen molar-refractivity contribution in [2.45, 2.75) is 212 Å². The highest BCUT2D eigenvalue weighted by molar-refractivity contribution is 6.38. The first-order valence-corrected chi connectivity index (χ1v) is 45.6. The van der Waals surface area contributed by atoms with Crippen molar-refractivity contribution in [1.82, 2.24) is 64.8 Å². The third-order valence-corrected chi connectivity index (χ3v) is 25.9. The van der Waals surface area contributed by atoms with Crippen LogP contribution < -0.4 is 26.2 Å². The van der Waals surface area contributed by atoms with E-state index in [0.717, 1.165) is 73.3 Å². The maximum atomic E-state index is 14.5. The van der Waals surface area contributed by atoms with Gasteiger partial charge in [-0.25, -0.2) is 44.5 Å². The number of nitrogens with zero attached hydrogens (tertiary/aromatic N) is 13. The van der Waals surface area contributed by atoms with Crippen LogP contribution in [0.2, 0.25) is 0 Å². The average Bonchev–Trinajstić information content (AvgIpc) is 0.989. The SMILES string of the molecule is CO[C@H]1CC2CCCC(O2)C(=O)C(=O)N2CCCC[C@H]2C(=O)O[C@H](CC[C@H]2CC[C@H](OC(=O)NCc3cnc(N4CCN(C(=O)CCOCCOCCN5CCN(c6ncc(C(=O)N7CCc8cc(CNc9ncnc(N)c9C(=N)c9cnc%10[nH]ccc%10c9)ccc8C7)cn6)CC5)CC4)nc3)CC2)CC(=O)[C@H](C)/C=C(\C)[C@@H](O)CC(=O)[C@H](C)C[C@H](C)/C=C/C=C/C=C/1C. The van der Waals surface area contributed by atoms with Crippen LogP contribution in [0.1, 0.15) is 188 Å². The maximum absolute atomic E-state index is 14.5. The number of aromatic amines is 1. The molecule has 1 aromatic carbocycles. The maximum Gasteiger partial charge on any atom is 0.407 e. The number of benzene rings is 1. The molecule has 5 aromatic heterocycles. The summed E-state index contributed by atoms with van der Waals surface area (Å²) in [7, 11) is 1.63. The van der Waals surface area contributed by atoms with Crippen molar-refractivity contribution in [1.29, 1.82) is 5.41 Å². The molecule has 7 N–H and O–H groups in total. The Hall–Kier alpha value is -11.1. The first kappa shape index (κ1) is 94.5. The Kier molecular flexibility index (Phi) is 34.1. The minimum absolute atomic E-state index is 0.0137. The summed E-state index contributed by atoms with van der Waals surface area (Å²) >= 11 is 0. The number of piperidine rings is 1. The van der Waals surface area contributed by atoms with Crippen LogP contribution in [0.25, 0.3) is 11.0 Å². The molecule has 5 fully saturated rings. The number of aromatic nitrogens is 8. The number of ether oxygens (including phenoxy) is 6. The lowest BCUT2D eigenvalue weighted by Gasteiger charge is -2.36. The number of piperazine rings is 2. The lowest BCUT2D eigenvalue weighted by molar-refractivity contribution is -0.167. The number of anilines is 4. The number of cyclic esters (lactones) is 1. The van der Waals surface area contributed by atoms with E-state index in [4.69, 9.17) is 39.6 Å². The fraction of sp³-hybridized carbons (Fsp3) is 0.558. The molecule has 2 unspecified atom stereocenters. The van der Waals surface area contributed by atoms with Crippen LogP contribution in [0.5, 0.6) is 0 Å². The van der Waals surface area contributed by atoms with Gasteiger partial charge in [-0.05, 0) is 156 Å². The van der Waals surface area contributed by atoms with Crippen molar-refractivity contribution >= 4 is 87.4 Å². The summed E-state index contributed by atoms with van der Waals surface area (Å²) in [6.07, 6.45) is 27.1. The van der Waals surface area contributed by atoms with E-state index >= 15 is 0 Å². The molecular weight excluding hydrogens is 1630 g/mol. The number of hydrogen-bond donors (Lipinski definition) is 6. The van der Waals surface area contributed by atoms with Crippen molar-refractivity contribution in [3.05, 3.63) is 160 Å². The predicted octanol–water partition coefficient (Wildman–Crippen LogP) is 10.0. The molecule has 686 valence electrons. The Morgan fingerprint density at radius 1 is 0.688 bits per heavy atom. The van der Waals surface area contributed by atoms with Gasteiger partial charge in [0.15, 0.2) is 0 Å². The minimum atomic E-state index is -1.09. The first-order valence-electron chi connectivity index (χ1n) is 45.6. The highest BCUT2D eigenvalue weighted by Crippen LogP contribution is 2.35. The third-order valence-electron chi connectivity index (χ3n) is 25.9. The number of allylic oxidation sites excluding steroid dienone is 6. The zero-order valence-electron chi connectivity index (χ0n) is 74.8. The number of H-pyrrole nitrogens is 1. The standard InChI is InChI=1S/C95H126N18O15/c1-61-13-8-7-9-14-62(2)82(123-6)50-75-15-12-17-81(126-75)86(118)91(120)113-30-11-10-16-77(113)92(121)127-76(49-78(114)64(4)46-65(5)80(116)51-79(115)63(3)45-61)25-21-66-19-23-74(24-20-66)128-95(122)105-55-68-53-101-93(102-54-68)111-38-36-109(37-39-111)83(117)28-41-124-43-44-125-42-40-108-32-34-110(35-33-108)94-103-57-73(58-104-94)90(119)112-31-27-69-47-67(18-22-71(69)59-112)52-99-89-84(87(97)106-60-107-89)85(96)72-48-70-26-29-98-88(70)100-56-72/h7-9,13-14,18,22,26,29,46-48,53-54,56-58,60-61,63-64,66,74-77,80-82,96,116H,10-12,15-17,19-21,23-25,27-28,30-45,49-52,55,59H2,1-6H3,(H,98,100)(H,105,122)(H3,97,99,106,107)/b9-7+,13-8+,62-14+,65-46+,96-85?/t61-,63-,64-,66-,74-,75?,76-,77+,80+,81?,82+/m1/s1. The Morgan fingerprint density at radius 2 is 1.42 bits per heavy atom. The number of hydrogen-bond acceptors (Lipinski definition) is 28. The van der Waals surface area contributed by atoms with Gasteiger partial charge in [0.1, 0.15) is 59.5 Å². The Morgan fingerprint density at radius 3 is 2.18 bits per heavy atom. The number of aliphatic hydroxyl groups excluding tert-OH is 1. The van der Waals surface area contributed by atoms with Gasteiger partial charge < -0.3 is 79.4 Å². The molecule has 4 saturated heterocycles. The third kappa shape index (κ3) is 26.1. The number of esters is 1. The summed E-state index contributed by atoms with van der Waals surface area (Å²) in [5.74, 6) is -1.54. The Labute approximate surface area is 748 Å². The van der Waals surface area contributed by atoms with Crippen LogP contribution in [-0.2, 0) is 83.2 Å². The monoisotopic (exact) mass is 1760 g/mol. The molecule has 6 aliphatic heterocycles. The van der Waals surface area contributed by atoms with Gasteiger partial charge in [-0.3, -0.25) is 39.1 Å². The summed E-state index contributed by atoms with van der Waals surface area (Å²) in [6, 6.07) is 8.99. The van der Waals surface area contributed by atoms with Gasteiger partial charge in [0, 0.05) is 184 Å². The second-order valence-electron chi connectivity index (χ2n) is 35.2. The fourth-order valence-corrected chi connectivity index (χ4v) is 18.0. The predicted molar refractivity (Wildman–Crippen MR) is 482 cm³/mol. The van der Waals surface area contributed by atoms with Crippen LogP contribution in [0.15, 0.2) is 121 Å². The number of fused-ring (bicyclic) bond motifs is 5. The number of Topliss-reactive ketones (excluding diaryl/α,β-unsaturated/α-hetero) is 3. The summed E-state index contributed by atoms with van der Waals surface area (Å²) in [6.45, 7) is 18.7. The number of rotatable bonds is 24. The molecule has 7 aliphatic rings. The number of nitrogen functional groups attached to an aromatic ring is 1. The van der Waals surface area contributed by atoms with Crippen LogP contribution in [0.4, 0.5) is 28.3 Å². The zero-order chi connectivity index (χ0) is 90.2. The number of carbonyl (C=O) groups excluding carboxylic acids is 8. The van der Waals surface area contributed by atoms with Gasteiger partial charge in [0.2, 0.25) is 23.6 Å². The number of carbonyl (C=O) groups is 8. The summed E-state index contributed by atoms with van der Waals surface area (Å²) in [4.78, 5) is 157. The number of methoxy groups -OCH3 is 1. The van der Waals surface area contributed by atoms with E-state index in [1.54, 1.807) is 64.2 Å². The lowest BCUT2D eigenvalue weighted by atomic mass is 9.83. The number of ketones is 3. The van der Waals surface area contributed by atoms with Gasteiger partial charge in [-0.1, -0.05) is 75.4 Å². The number of alkyl carbamates (subject to hydrolysis) is 1. The molecule has 2 bridgehead atoms. The Balaban J connectivity index is 0.480. The summed E-state index contributed by atoms with van der Waals surface area (Å²) < 4.78 is 36.1. The average molecular weight is 1760 g/mol. The van der Waals surface area contributed by atoms with E-state index in [1.165, 1.54) is 16.8 Å². The molecular formula is C95H126N18O15. The number of amides is 4. The molecule has 0 radical (unpaired) electrons.